The maximum Gasteiger partial charge on any atom is 0.279 e. The number of halogens is 2. The van der Waals surface area contributed by atoms with Crippen LogP contribution >= 0.6 is 0 Å². The second kappa shape index (κ2) is 13.1. The highest BCUT2D eigenvalue weighted by atomic mass is 19.3. The van der Waals surface area contributed by atoms with Crippen LogP contribution < -0.4 is 25.8 Å². The van der Waals surface area contributed by atoms with Gasteiger partial charge in [0.25, 0.3) is 17.5 Å². The smallest absolute Gasteiger partial charge is 0.279 e. The molecule has 12 nitrogen and oxygen atoms in total. The summed E-state index contributed by atoms with van der Waals surface area (Å²) in [5.41, 5.74) is 2.20. The highest BCUT2D eigenvalue weighted by Crippen LogP contribution is 2.49. The van der Waals surface area contributed by atoms with Gasteiger partial charge in [0.1, 0.15) is 34.5 Å². The van der Waals surface area contributed by atoms with E-state index in [0.717, 1.165) is 24.2 Å². The molecule has 2 saturated carbocycles. The van der Waals surface area contributed by atoms with Gasteiger partial charge in [0.05, 0.1) is 25.5 Å². The molecule has 1 aromatic carbocycles. The number of hydrogen-bond acceptors (Lipinski definition) is 9. The van der Waals surface area contributed by atoms with Crippen LogP contribution in [0.1, 0.15) is 46.7 Å². The van der Waals surface area contributed by atoms with Gasteiger partial charge in [0.15, 0.2) is 5.65 Å². The van der Waals surface area contributed by atoms with E-state index >= 15 is 0 Å². The van der Waals surface area contributed by atoms with Gasteiger partial charge in [-0.05, 0) is 60.7 Å². The minimum atomic E-state index is -1.65. The SMILES string of the molecule is COc1ccc(CN(C)c2cc(Nc3cccn(-c4ccc(C5CC5=C(F)F)cn4)c3=O)nc3c(C(=O)N[C@@H]4CC[C@H]4OC)cnn23)cc1. The minimum absolute atomic E-state index is 0.0470. The van der Waals surface area contributed by atoms with Crippen molar-refractivity contribution in [3.63, 3.8) is 0 Å². The Morgan fingerprint density at radius 1 is 1.08 bits per heavy atom. The van der Waals surface area contributed by atoms with Crippen molar-refractivity contribution >= 4 is 28.9 Å². The Balaban J connectivity index is 1.21. The van der Waals surface area contributed by atoms with Crippen LogP contribution in [0.3, 0.4) is 0 Å². The molecule has 7 rings (SSSR count). The van der Waals surface area contributed by atoms with Crippen LogP contribution in [0.25, 0.3) is 11.5 Å². The third-order valence-electron chi connectivity index (χ3n) is 9.05. The molecule has 0 radical (unpaired) electrons. The van der Waals surface area contributed by atoms with E-state index in [1.807, 2.05) is 36.2 Å². The Morgan fingerprint density at radius 2 is 1.90 bits per heavy atom. The van der Waals surface area contributed by atoms with Crippen molar-refractivity contribution in [2.45, 2.75) is 43.9 Å². The lowest BCUT2D eigenvalue weighted by atomic mass is 9.89. The second-order valence-corrected chi connectivity index (χ2v) is 12.1. The van der Waals surface area contributed by atoms with Crippen molar-refractivity contribution in [1.29, 1.82) is 0 Å². The third-order valence-corrected chi connectivity index (χ3v) is 9.05. The summed E-state index contributed by atoms with van der Waals surface area (Å²) in [5, 5.41) is 10.7. The molecule has 0 spiro atoms. The predicted molar refractivity (Wildman–Crippen MR) is 179 cm³/mol. The Kier molecular flexibility index (Phi) is 8.55. The van der Waals surface area contributed by atoms with Crippen LogP contribution in [0.5, 0.6) is 5.75 Å². The van der Waals surface area contributed by atoms with Crippen molar-refractivity contribution in [1.82, 2.24) is 29.5 Å². The van der Waals surface area contributed by atoms with E-state index in [-0.39, 0.29) is 40.8 Å². The molecular formula is C35H34F2N8O4. The molecule has 14 heteroatoms. The fourth-order valence-corrected chi connectivity index (χ4v) is 6.03. The van der Waals surface area contributed by atoms with Crippen LogP contribution in [-0.2, 0) is 11.3 Å². The average molecular weight is 669 g/mol. The number of ether oxygens (including phenoxy) is 2. The van der Waals surface area contributed by atoms with Gasteiger partial charge in [-0.1, -0.05) is 18.2 Å². The average Bonchev–Trinajstić information content (AvgIpc) is 3.80. The molecule has 0 bridgehead atoms. The van der Waals surface area contributed by atoms with Gasteiger partial charge in [0, 0.05) is 50.7 Å². The number of methoxy groups -OCH3 is 2. The largest absolute Gasteiger partial charge is 0.497 e. The van der Waals surface area contributed by atoms with Gasteiger partial charge in [-0.2, -0.15) is 18.4 Å². The molecule has 252 valence electrons. The Bertz CT molecular complexity index is 2110. The number of benzene rings is 1. The third kappa shape index (κ3) is 6.34. The molecule has 4 aromatic heterocycles. The lowest BCUT2D eigenvalue weighted by Gasteiger charge is -2.35. The number of fused-ring (bicyclic) bond motifs is 1. The minimum Gasteiger partial charge on any atom is -0.497 e. The van der Waals surface area contributed by atoms with Crippen molar-refractivity contribution < 1.29 is 23.0 Å². The molecule has 0 aliphatic heterocycles. The first-order valence-corrected chi connectivity index (χ1v) is 15.8. The van der Waals surface area contributed by atoms with Crippen LogP contribution in [0, 0.1) is 0 Å². The van der Waals surface area contributed by atoms with E-state index in [0.29, 0.717) is 41.6 Å². The number of carbonyl (C=O) groups is 1. The monoisotopic (exact) mass is 668 g/mol. The number of amides is 1. The van der Waals surface area contributed by atoms with Crippen molar-refractivity contribution in [2.75, 3.05) is 31.5 Å². The van der Waals surface area contributed by atoms with Gasteiger partial charge >= 0.3 is 0 Å². The summed E-state index contributed by atoms with van der Waals surface area (Å²) in [6.07, 6.45) is 4.89. The van der Waals surface area contributed by atoms with E-state index in [4.69, 9.17) is 14.5 Å². The highest BCUT2D eigenvalue weighted by molar-refractivity contribution is 6.00. The van der Waals surface area contributed by atoms with Crippen LogP contribution in [-0.4, -0.2) is 63.5 Å². The summed E-state index contributed by atoms with van der Waals surface area (Å²) in [7, 11) is 5.14. The zero-order valence-electron chi connectivity index (χ0n) is 27.1. The number of allylic oxidation sites excluding steroid dienone is 1. The predicted octanol–water partition coefficient (Wildman–Crippen LogP) is 5.21. The van der Waals surface area contributed by atoms with E-state index in [1.54, 1.807) is 55.3 Å². The van der Waals surface area contributed by atoms with E-state index < -0.39 is 11.6 Å². The van der Waals surface area contributed by atoms with E-state index in [1.165, 1.54) is 17.0 Å². The molecular weight excluding hydrogens is 634 g/mol. The first-order valence-electron chi connectivity index (χ1n) is 15.8. The molecule has 4 heterocycles. The molecule has 0 saturated heterocycles. The lowest BCUT2D eigenvalue weighted by Crippen LogP contribution is -2.51. The molecule has 49 heavy (non-hydrogen) atoms. The summed E-state index contributed by atoms with van der Waals surface area (Å²) < 4.78 is 39.6. The van der Waals surface area contributed by atoms with Crippen molar-refractivity contribution in [3.05, 3.63) is 112 Å². The Hall–Kier alpha value is -5.63. The number of rotatable bonds is 11. The zero-order chi connectivity index (χ0) is 34.2. The van der Waals surface area contributed by atoms with Crippen LogP contribution in [0.15, 0.2) is 89.6 Å². The van der Waals surface area contributed by atoms with Gasteiger partial charge in [-0.15, -0.1) is 0 Å². The highest BCUT2D eigenvalue weighted by Gasteiger charge is 2.36. The Morgan fingerprint density at radius 3 is 2.55 bits per heavy atom. The number of aromatic nitrogens is 5. The molecule has 1 unspecified atom stereocenters. The molecule has 2 aliphatic carbocycles. The summed E-state index contributed by atoms with van der Waals surface area (Å²) in [4.78, 5) is 38.2. The Labute approximate surface area is 280 Å². The normalized spacial score (nSPS) is 18.1. The van der Waals surface area contributed by atoms with Gasteiger partial charge in [-0.3, -0.25) is 14.2 Å². The quantitative estimate of drug-likeness (QED) is 0.195. The summed E-state index contributed by atoms with van der Waals surface area (Å²) in [6, 6.07) is 16.0. The van der Waals surface area contributed by atoms with Gasteiger partial charge in [0.2, 0.25) is 0 Å². The van der Waals surface area contributed by atoms with Gasteiger partial charge in [-0.25, -0.2) is 9.97 Å². The maximum atomic E-state index is 13.7. The number of nitrogens with one attached hydrogen (secondary N) is 2. The fourth-order valence-electron chi connectivity index (χ4n) is 6.03. The molecule has 2 N–H and O–H groups in total. The molecule has 5 aromatic rings. The number of anilines is 3. The first kappa shape index (κ1) is 31.9. The van der Waals surface area contributed by atoms with Gasteiger partial charge < -0.3 is 25.0 Å². The number of hydrogen-bond donors (Lipinski definition) is 2. The summed E-state index contributed by atoms with van der Waals surface area (Å²) in [6.45, 7) is 0.497. The lowest BCUT2D eigenvalue weighted by molar-refractivity contribution is 0.00732. The zero-order valence-corrected chi connectivity index (χ0v) is 27.1. The summed E-state index contributed by atoms with van der Waals surface area (Å²) in [5.74, 6) is 1.36. The van der Waals surface area contributed by atoms with E-state index in [9.17, 15) is 18.4 Å². The molecule has 1 amide bonds. The molecule has 3 atom stereocenters. The standard InChI is InChI=1S/C35H34F2N8O4/c1-43(19-20-6-9-22(48-2)10-7-20)31-16-29(42-33-25(18-39-45(31)33)34(46)41-26-11-12-28(26)49-3)40-27-5-4-14-44(35(27)47)30-13-8-21(17-38-30)23-15-24(23)32(36)37/h4-10,13-14,16-18,23,26,28H,11-12,15,19H2,1-3H3,(H,40,42)(H,41,46)/t23?,26-,28-/m1/s1. The van der Waals surface area contributed by atoms with E-state index in [2.05, 4.69) is 20.7 Å². The topological polar surface area (TPSA) is 128 Å². The number of carbonyl (C=O) groups excluding carboxylic acids is 1. The fraction of sp³-hybridized carbons (Fsp3) is 0.286. The maximum absolute atomic E-state index is 13.7. The first-order chi connectivity index (χ1) is 23.7. The second-order valence-electron chi connectivity index (χ2n) is 12.1. The van der Waals surface area contributed by atoms with Crippen molar-refractivity contribution in [2.24, 2.45) is 0 Å². The van der Waals surface area contributed by atoms with Crippen LogP contribution in [0.4, 0.5) is 26.1 Å². The summed E-state index contributed by atoms with van der Waals surface area (Å²) >= 11 is 0. The number of nitrogens with zero attached hydrogens (tertiary/aromatic N) is 6. The molecule has 2 fully saturated rings. The number of pyridine rings is 2. The molecule has 2 aliphatic rings. The van der Waals surface area contributed by atoms with Crippen molar-refractivity contribution in [3.8, 4) is 11.6 Å². The van der Waals surface area contributed by atoms with Crippen LogP contribution in [0.2, 0.25) is 0 Å².